The van der Waals surface area contributed by atoms with Gasteiger partial charge in [-0.1, -0.05) is 12.1 Å². The first-order valence-corrected chi connectivity index (χ1v) is 12.1. The molecule has 2 aromatic rings. The smallest absolute Gasteiger partial charge is 0.286 e. The van der Waals surface area contributed by atoms with Crippen molar-refractivity contribution in [1.82, 2.24) is 14.9 Å². The van der Waals surface area contributed by atoms with Gasteiger partial charge in [-0.15, -0.1) is 4.40 Å². The molecule has 2 fully saturated rings. The van der Waals surface area contributed by atoms with Crippen molar-refractivity contribution >= 4 is 27.5 Å². The van der Waals surface area contributed by atoms with Gasteiger partial charge < -0.3 is 15.0 Å². The first kappa shape index (κ1) is 20.3. The van der Waals surface area contributed by atoms with Crippen LogP contribution >= 0.6 is 0 Å². The summed E-state index contributed by atoms with van der Waals surface area (Å²) in [5, 5.41) is 3.26. The summed E-state index contributed by atoms with van der Waals surface area (Å²) >= 11 is 0. The lowest BCUT2D eigenvalue weighted by atomic mass is 9.96. The van der Waals surface area contributed by atoms with Gasteiger partial charge in [0.15, 0.2) is 0 Å². The van der Waals surface area contributed by atoms with Crippen LogP contribution in [-0.4, -0.2) is 68.5 Å². The van der Waals surface area contributed by atoms with E-state index in [1.54, 1.807) is 18.2 Å². The van der Waals surface area contributed by atoms with Crippen LogP contribution in [0.4, 0.5) is 11.6 Å². The Labute approximate surface area is 182 Å². The average Bonchev–Trinajstić information content (AvgIpc) is 2.80. The summed E-state index contributed by atoms with van der Waals surface area (Å²) < 4.78 is 34.7. The molecule has 5 rings (SSSR count). The van der Waals surface area contributed by atoms with Crippen molar-refractivity contribution in [3.05, 3.63) is 42.2 Å². The number of anilines is 2. The fourth-order valence-electron chi connectivity index (χ4n) is 4.35. The van der Waals surface area contributed by atoms with E-state index in [1.807, 2.05) is 18.3 Å². The van der Waals surface area contributed by atoms with Gasteiger partial charge in [0.1, 0.15) is 10.7 Å². The van der Waals surface area contributed by atoms with Crippen LogP contribution in [0.5, 0.6) is 0 Å². The van der Waals surface area contributed by atoms with E-state index in [0.717, 1.165) is 50.7 Å². The molecule has 31 heavy (non-hydrogen) atoms. The van der Waals surface area contributed by atoms with Crippen LogP contribution < -0.4 is 10.2 Å². The number of hydrogen-bond donors (Lipinski definition) is 1. The molecular formula is C21H26N6O3S. The molecule has 9 nitrogen and oxygen atoms in total. The van der Waals surface area contributed by atoms with Gasteiger partial charge in [-0.05, 0) is 37.6 Å². The molecule has 3 aliphatic heterocycles. The Morgan fingerprint density at radius 3 is 2.84 bits per heavy atom. The van der Waals surface area contributed by atoms with E-state index in [9.17, 15) is 8.42 Å². The van der Waals surface area contributed by atoms with Gasteiger partial charge in [-0.3, -0.25) is 4.90 Å². The molecule has 1 aromatic carbocycles. The number of ether oxygens (including phenoxy) is 1. The zero-order valence-corrected chi connectivity index (χ0v) is 18.1. The van der Waals surface area contributed by atoms with E-state index in [1.165, 1.54) is 0 Å². The monoisotopic (exact) mass is 442 g/mol. The second-order valence-electron chi connectivity index (χ2n) is 8.09. The lowest BCUT2D eigenvalue weighted by molar-refractivity contribution is 0.122. The van der Waals surface area contributed by atoms with Crippen LogP contribution in [0.15, 0.2) is 45.8 Å². The molecule has 0 amide bonds. The number of hydrogen-bond acceptors (Lipinski definition) is 8. The number of sulfonamides is 1. The van der Waals surface area contributed by atoms with Crippen molar-refractivity contribution in [2.75, 3.05) is 49.6 Å². The molecule has 0 bridgehead atoms. The average molecular weight is 443 g/mol. The van der Waals surface area contributed by atoms with Gasteiger partial charge >= 0.3 is 0 Å². The Hall–Kier alpha value is -2.56. The number of nitrogens with zero attached hydrogens (tertiary/aromatic N) is 5. The summed E-state index contributed by atoms with van der Waals surface area (Å²) in [6, 6.07) is 8.87. The number of para-hydroxylation sites is 1. The number of piperidine rings is 1. The van der Waals surface area contributed by atoms with E-state index in [4.69, 9.17) is 9.72 Å². The summed E-state index contributed by atoms with van der Waals surface area (Å²) in [5.74, 6) is 1.33. The van der Waals surface area contributed by atoms with Crippen LogP contribution in [0, 0.1) is 5.92 Å². The summed E-state index contributed by atoms with van der Waals surface area (Å²) in [4.78, 5) is 13.9. The molecule has 1 N–H and O–H groups in total. The molecule has 2 saturated heterocycles. The van der Waals surface area contributed by atoms with E-state index < -0.39 is 10.0 Å². The van der Waals surface area contributed by atoms with Crippen molar-refractivity contribution in [3.63, 3.8) is 0 Å². The Bertz CT molecular complexity index is 1080. The number of likely N-dealkylation sites (tertiary alicyclic amines) is 1. The minimum absolute atomic E-state index is 0.0393. The SMILES string of the molecule is O=S1(=O)N=C([C@H]2CCCN(Cc3ccnc(N4CCOCC4)n3)C2)Nc2ccccc21. The maximum Gasteiger partial charge on any atom is 0.286 e. The molecule has 3 aliphatic rings. The number of benzene rings is 1. The van der Waals surface area contributed by atoms with Crippen molar-refractivity contribution in [2.45, 2.75) is 24.3 Å². The lowest BCUT2D eigenvalue weighted by Crippen LogP contribution is -2.42. The number of morpholine rings is 1. The summed E-state index contributed by atoms with van der Waals surface area (Å²) in [7, 11) is -3.66. The molecule has 1 aromatic heterocycles. The number of nitrogens with one attached hydrogen (secondary N) is 1. The number of amidine groups is 1. The van der Waals surface area contributed by atoms with Crippen LogP contribution in [0.1, 0.15) is 18.5 Å². The van der Waals surface area contributed by atoms with Gasteiger partial charge in [-0.2, -0.15) is 8.42 Å². The van der Waals surface area contributed by atoms with E-state index >= 15 is 0 Å². The highest BCUT2D eigenvalue weighted by molar-refractivity contribution is 7.90. The van der Waals surface area contributed by atoms with Gasteiger partial charge in [0.2, 0.25) is 5.95 Å². The van der Waals surface area contributed by atoms with Crippen molar-refractivity contribution < 1.29 is 13.2 Å². The van der Waals surface area contributed by atoms with Gasteiger partial charge in [0, 0.05) is 38.3 Å². The van der Waals surface area contributed by atoms with Gasteiger partial charge in [0.05, 0.1) is 24.6 Å². The molecule has 10 heteroatoms. The first-order valence-electron chi connectivity index (χ1n) is 10.7. The Morgan fingerprint density at radius 1 is 1.13 bits per heavy atom. The lowest BCUT2D eigenvalue weighted by Gasteiger charge is -2.34. The summed E-state index contributed by atoms with van der Waals surface area (Å²) in [6.45, 7) is 5.38. The van der Waals surface area contributed by atoms with Crippen molar-refractivity contribution in [2.24, 2.45) is 10.3 Å². The zero-order valence-electron chi connectivity index (χ0n) is 17.3. The highest BCUT2D eigenvalue weighted by Crippen LogP contribution is 2.30. The van der Waals surface area contributed by atoms with E-state index in [2.05, 4.69) is 24.5 Å². The van der Waals surface area contributed by atoms with Crippen molar-refractivity contribution in [3.8, 4) is 0 Å². The second kappa shape index (κ2) is 8.52. The predicted octanol–water partition coefficient (Wildman–Crippen LogP) is 1.74. The molecule has 1 atom stereocenters. The topological polar surface area (TPSA) is 100 Å². The largest absolute Gasteiger partial charge is 0.378 e. The van der Waals surface area contributed by atoms with Crippen LogP contribution in [0.2, 0.25) is 0 Å². The van der Waals surface area contributed by atoms with Gasteiger partial charge in [0.25, 0.3) is 10.0 Å². The Morgan fingerprint density at radius 2 is 1.97 bits per heavy atom. The molecule has 0 saturated carbocycles. The normalized spacial score (nSPS) is 23.5. The molecule has 0 aliphatic carbocycles. The highest BCUT2D eigenvalue weighted by Gasteiger charge is 2.31. The minimum Gasteiger partial charge on any atom is -0.378 e. The van der Waals surface area contributed by atoms with Crippen LogP contribution in [-0.2, 0) is 21.3 Å². The standard InChI is InChI=1S/C21H26N6O3S/c28-31(29)19-6-2-1-5-18(19)24-20(25-31)16-4-3-9-26(14-16)15-17-7-8-22-21(23-17)27-10-12-30-13-11-27/h1-2,5-8,16H,3-4,9-15H2,(H,24,25)/t16-/m0/s1. The Kier molecular flexibility index (Phi) is 5.59. The Balaban J connectivity index is 1.29. The highest BCUT2D eigenvalue weighted by atomic mass is 32.2. The second-order valence-corrected chi connectivity index (χ2v) is 9.67. The van der Waals surface area contributed by atoms with Gasteiger partial charge in [-0.25, -0.2) is 9.97 Å². The third-order valence-corrected chi connectivity index (χ3v) is 7.27. The van der Waals surface area contributed by atoms with Crippen molar-refractivity contribution in [1.29, 1.82) is 0 Å². The maximum atomic E-state index is 12.6. The van der Waals surface area contributed by atoms with E-state index in [-0.39, 0.29) is 10.8 Å². The quantitative estimate of drug-likeness (QED) is 0.764. The van der Waals surface area contributed by atoms with E-state index in [0.29, 0.717) is 31.3 Å². The number of aromatic nitrogens is 2. The molecule has 4 heterocycles. The number of rotatable bonds is 4. The maximum absolute atomic E-state index is 12.6. The van der Waals surface area contributed by atoms with Crippen LogP contribution in [0.25, 0.3) is 0 Å². The first-order chi connectivity index (χ1) is 15.1. The zero-order chi connectivity index (χ0) is 21.3. The predicted molar refractivity (Wildman–Crippen MR) is 118 cm³/mol. The molecule has 0 spiro atoms. The minimum atomic E-state index is -3.66. The molecular weight excluding hydrogens is 416 g/mol. The third-order valence-electron chi connectivity index (χ3n) is 5.92. The summed E-state index contributed by atoms with van der Waals surface area (Å²) in [5.41, 5.74) is 1.57. The van der Waals surface area contributed by atoms with Crippen LogP contribution in [0.3, 0.4) is 0 Å². The third kappa shape index (κ3) is 4.41. The molecule has 164 valence electrons. The fraction of sp³-hybridized carbons (Fsp3) is 0.476. The summed E-state index contributed by atoms with van der Waals surface area (Å²) in [6.07, 6.45) is 3.70. The number of fused-ring (bicyclic) bond motifs is 1. The molecule has 0 unspecified atom stereocenters. The molecule has 0 radical (unpaired) electrons. The fourth-order valence-corrected chi connectivity index (χ4v) is 5.55.